The average molecular weight is 298 g/mol. The molecule has 2 N–H and O–H groups in total. The number of nitrogens with two attached hydrogens (primary N) is 1. The molecular formula is C14H19FN2O2S. The van der Waals surface area contributed by atoms with Gasteiger partial charge in [0.1, 0.15) is 10.7 Å². The summed E-state index contributed by atoms with van der Waals surface area (Å²) in [5.41, 5.74) is 6.10. The minimum absolute atomic E-state index is 0.0644. The van der Waals surface area contributed by atoms with Gasteiger partial charge in [-0.05, 0) is 36.8 Å². The molecule has 3 rings (SSSR count). The number of benzene rings is 1. The second-order valence-corrected chi connectivity index (χ2v) is 7.68. The molecule has 1 aromatic carbocycles. The molecule has 1 saturated heterocycles. The van der Waals surface area contributed by atoms with E-state index in [0.717, 1.165) is 19.3 Å². The number of hydrogen-bond donors (Lipinski definition) is 1. The van der Waals surface area contributed by atoms with Gasteiger partial charge in [-0.2, -0.15) is 4.31 Å². The van der Waals surface area contributed by atoms with Crippen molar-refractivity contribution in [1.29, 1.82) is 0 Å². The topological polar surface area (TPSA) is 63.4 Å². The van der Waals surface area contributed by atoms with Crippen molar-refractivity contribution in [3.05, 3.63) is 30.1 Å². The predicted octanol–water partition coefficient (Wildman–Crippen LogP) is 1.57. The van der Waals surface area contributed by atoms with Crippen molar-refractivity contribution in [2.24, 2.45) is 17.6 Å². The van der Waals surface area contributed by atoms with Gasteiger partial charge in [-0.15, -0.1) is 0 Å². The molecule has 1 aliphatic carbocycles. The molecule has 1 heterocycles. The van der Waals surface area contributed by atoms with E-state index in [1.54, 1.807) is 6.07 Å². The van der Waals surface area contributed by atoms with Crippen LogP contribution in [0.25, 0.3) is 0 Å². The second kappa shape index (κ2) is 5.09. The largest absolute Gasteiger partial charge is 0.327 e. The molecule has 110 valence electrons. The Morgan fingerprint density at radius 2 is 1.95 bits per heavy atom. The van der Waals surface area contributed by atoms with Crippen molar-refractivity contribution < 1.29 is 12.8 Å². The predicted molar refractivity (Wildman–Crippen MR) is 74.0 cm³/mol. The Hall–Kier alpha value is -0.980. The maximum Gasteiger partial charge on any atom is 0.246 e. The van der Waals surface area contributed by atoms with Crippen LogP contribution < -0.4 is 5.73 Å². The van der Waals surface area contributed by atoms with E-state index in [1.807, 2.05) is 0 Å². The molecule has 0 bridgehead atoms. The molecule has 1 aliphatic heterocycles. The second-order valence-electron chi connectivity index (χ2n) is 5.77. The summed E-state index contributed by atoms with van der Waals surface area (Å²) in [4.78, 5) is -0.229. The summed E-state index contributed by atoms with van der Waals surface area (Å²) in [6.45, 7) is 0.886. The standard InChI is InChI=1S/C14H19FN2O2S/c15-12-5-1-2-7-14(12)20(18,19)17-8-10-4-3-6-13(16)11(10)9-17/h1-2,5,7,10-11,13H,3-4,6,8-9,16H2. The van der Waals surface area contributed by atoms with Gasteiger partial charge in [-0.1, -0.05) is 18.6 Å². The number of halogens is 1. The summed E-state index contributed by atoms with van der Waals surface area (Å²) in [7, 11) is -3.75. The van der Waals surface area contributed by atoms with E-state index in [0.29, 0.717) is 19.0 Å². The lowest BCUT2D eigenvalue weighted by molar-refractivity contribution is 0.260. The fourth-order valence-electron chi connectivity index (χ4n) is 3.47. The Morgan fingerprint density at radius 3 is 2.65 bits per heavy atom. The van der Waals surface area contributed by atoms with Gasteiger partial charge in [0.15, 0.2) is 0 Å². The molecule has 6 heteroatoms. The quantitative estimate of drug-likeness (QED) is 0.901. The Balaban J connectivity index is 1.89. The van der Waals surface area contributed by atoms with Crippen LogP contribution >= 0.6 is 0 Å². The van der Waals surface area contributed by atoms with Crippen molar-refractivity contribution in [3.63, 3.8) is 0 Å². The van der Waals surface area contributed by atoms with E-state index in [-0.39, 0.29) is 16.9 Å². The zero-order valence-corrected chi connectivity index (χ0v) is 12.0. The smallest absolute Gasteiger partial charge is 0.246 e. The highest BCUT2D eigenvalue weighted by atomic mass is 32.2. The lowest BCUT2D eigenvalue weighted by atomic mass is 9.78. The van der Waals surface area contributed by atoms with Crippen molar-refractivity contribution in [3.8, 4) is 0 Å². The summed E-state index contributed by atoms with van der Waals surface area (Å²) < 4.78 is 40.3. The fraction of sp³-hybridized carbons (Fsp3) is 0.571. The molecule has 0 aromatic heterocycles. The first kappa shape index (κ1) is 14.0. The van der Waals surface area contributed by atoms with E-state index in [4.69, 9.17) is 5.73 Å². The van der Waals surface area contributed by atoms with Crippen LogP contribution in [-0.4, -0.2) is 31.9 Å². The molecule has 1 saturated carbocycles. The number of fused-ring (bicyclic) bond motifs is 1. The third kappa shape index (κ3) is 2.25. The highest BCUT2D eigenvalue weighted by Crippen LogP contribution is 2.38. The van der Waals surface area contributed by atoms with Gasteiger partial charge in [0.25, 0.3) is 0 Å². The Labute approximate surface area is 118 Å². The maximum atomic E-state index is 13.8. The summed E-state index contributed by atoms with van der Waals surface area (Å²) in [5.74, 6) is -0.155. The average Bonchev–Trinajstić information content (AvgIpc) is 2.85. The molecule has 20 heavy (non-hydrogen) atoms. The SMILES string of the molecule is NC1CCCC2CN(S(=O)(=O)c3ccccc3F)CC12. The van der Waals surface area contributed by atoms with Gasteiger partial charge in [-0.3, -0.25) is 0 Å². The molecule has 3 unspecified atom stereocenters. The highest BCUT2D eigenvalue weighted by Gasteiger charge is 2.43. The van der Waals surface area contributed by atoms with Crippen LogP contribution in [0.15, 0.2) is 29.2 Å². The summed E-state index contributed by atoms with van der Waals surface area (Å²) >= 11 is 0. The zero-order valence-electron chi connectivity index (χ0n) is 11.2. The summed E-state index contributed by atoms with van der Waals surface area (Å²) in [6.07, 6.45) is 3.02. The Morgan fingerprint density at radius 1 is 1.20 bits per heavy atom. The highest BCUT2D eigenvalue weighted by molar-refractivity contribution is 7.89. The van der Waals surface area contributed by atoms with Crippen LogP contribution in [-0.2, 0) is 10.0 Å². The molecule has 2 aliphatic rings. The first-order chi connectivity index (χ1) is 9.50. The van der Waals surface area contributed by atoms with Gasteiger partial charge in [-0.25, -0.2) is 12.8 Å². The molecule has 0 spiro atoms. The summed E-state index contributed by atoms with van der Waals surface area (Å²) in [5, 5.41) is 0. The van der Waals surface area contributed by atoms with Crippen LogP contribution in [0.3, 0.4) is 0 Å². The molecule has 3 atom stereocenters. The minimum Gasteiger partial charge on any atom is -0.327 e. The van der Waals surface area contributed by atoms with Crippen LogP contribution in [0.2, 0.25) is 0 Å². The Bertz CT molecular complexity index is 605. The van der Waals surface area contributed by atoms with Gasteiger partial charge in [0.05, 0.1) is 0 Å². The maximum absolute atomic E-state index is 13.8. The summed E-state index contributed by atoms with van der Waals surface area (Å²) in [6, 6.07) is 5.61. The van der Waals surface area contributed by atoms with Gasteiger partial charge < -0.3 is 5.73 Å². The molecular weight excluding hydrogens is 279 g/mol. The number of nitrogens with zero attached hydrogens (tertiary/aromatic N) is 1. The zero-order chi connectivity index (χ0) is 14.3. The molecule has 1 aromatic rings. The van der Waals surface area contributed by atoms with Gasteiger partial charge in [0.2, 0.25) is 10.0 Å². The first-order valence-electron chi connectivity index (χ1n) is 7.00. The van der Waals surface area contributed by atoms with Crippen molar-refractivity contribution in [1.82, 2.24) is 4.31 Å². The van der Waals surface area contributed by atoms with Crippen LogP contribution in [0.4, 0.5) is 4.39 Å². The van der Waals surface area contributed by atoms with Gasteiger partial charge >= 0.3 is 0 Å². The van der Waals surface area contributed by atoms with Crippen LogP contribution in [0.5, 0.6) is 0 Å². The number of rotatable bonds is 2. The first-order valence-corrected chi connectivity index (χ1v) is 8.44. The molecule has 2 fully saturated rings. The van der Waals surface area contributed by atoms with E-state index in [2.05, 4.69) is 0 Å². The van der Waals surface area contributed by atoms with Crippen molar-refractivity contribution in [2.45, 2.75) is 30.2 Å². The normalized spacial score (nSPS) is 31.2. The van der Waals surface area contributed by atoms with Crippen molar-refractivity contribution >= 4 is 10.0 Å². The number of hydrogen-bond acceptors (Lipinski definition) is 3. The minimum atomic E-state index is -3.75. The van der Waals surface area contributed by atoms with E-state index in [9.17, 15) is 12.8 Å². The number of sulfonamides is 1. The monoisotopic (exact) mass is 298 g/mol. The third-order valence-electron chi connectivity index (χ3n) is 4.57. The van der Waals surface area contributed by atoms with Crippen molar-refractivity contribution in [2.75, 3.05) is 13.1 Å². The molecule has 0 amide bonds. The lowest BCUT2D eigenvalue weighted by Crippen LogP contribution is -2.38. The van der Waals surface area contributed by atoms with E-state index < -0.39 is 15.8 Å². The van der Waals surface area contributed by atoms with E-state index in [1.165, 1.54) is 22.5 Å². The third-order valence-corrected chi connectivity index (χ3v) is 6.44. The lowest BCUT2D eigenvalue weighted by Gasteiger charge is -2.29. The molecule has 4 nitrogen and oxygen atoms in total. The van der Waals surface area contributed by atoms with Crippen LogP contribution in [0, 0.1) is 17.7 Å². The Kier molecular flexibility index (Phi) is 3.56. The van der Waals surface area contributed by atoms with Gasteiger partial charge in [0, 0.05) is 19.1 Å². The van der Waals surface area contributed by atoms with Crippen LogP contribution in [0.1, 0.15) is 19.3 Å². The van der Waals surface area contributed by atoms with E-state index >= 15 is 0 Å². The molecule has 0 radical (unpaired) electrons. The fourth-order valence-corrected chi connectivity index (χ4v) is 5.06.